The molecule has 2 aliphatic carbocycles. The van der Waals surface area contributed by atoms with E-state index in [1.54, 1.807) is 6.20 Å². The van der Waals surface area contributed by atoms with Crippen LogP contribution in [0.4, 0.5) is 0 Å². The van der Waals surface area contributed by atoms with Gasteiger partial charge in [0.05, 0.1) is 5.70 Å². The van der Waals surface area contributed by atoms with Crippen LogP contribution in [-0.2, 0) is 4.79 Å². The fraction of sp³-hybridized carbons (Fsp3) is 0.400. The summed E-state index contributed by atoms with van der Waals surface area (Å²) in [5.74, 6) is 1.40. The highest BCUT2D eigenvalue weighted by Gasteiger charge is 2.43. The molecule has 128 valence electrons. The van der Waals surface area contributed by atoms with Crippen molar-refractivity contribution >= 4 is 5.91 Å². The monoisotopic (exact) mass is 334 g/mol. The summed E-state index contributed by atoms with van der Waals surface area (Å²) in [6.45, 7) is 0. The van der Waals surface area contributed by atoms with Gasteiger partial charge in [0.2, 0.25) is 0 Å². The quantitative estimate of drug-likeness (QED) is 0.869. The number of hydrogen-bond donors (Lipinski definition) is 2. The second-order valence-electron chi connectivity index (χ2n) is 7.38. The Kier molecular flexibility index (Phi) is 3.40. The molecule has 1 atom stereocenters. The maximum atomic E-state index is 13.0. The molecule has 1 aromatic rings. The number of aromatic nitrogens is 1. The zero-order valence-corrected chi connectivity index (χ0v) is 14.1. The Morgan fingerprint density at radius 2 is 2.04 bits per heavy atom. The van der Waals surface area contributed by atoms with E-state index in [-0.39, 0.29) is 12.1 Å². The Bertz CT molecular complexity index is 762. The third kappa shape index (κ3) is 2.73. The summed E-state index contributed by atoms with van der Waals surface area (Å²) >= 11 is 0. The molecule has 2 fully saturated rings. The lowest BCUT2D eigenvalue weighted by molar-refractivity contribution is -0.118. The number of carbonyl (C=O) groups is 1. The van der Waals surface area contributed by atoms with Gasteiger partial charge in [-0.25, -0.2) is 0 Å². The molecule has 2 aliphatic heterocycles. The third-order valence-corrected chi connectivity index (χ3v) is 5.49. The smallest absolute Gasteiger partial charge is 0.269 e. The van der Waals surface area contributed by atoms with Crippen LogP contribution in [0.25, 0.3) is 0 Å². The number of hydrogen-bond acceptors (Lipinski definition) is 4. The zero-order valence-electron chi connectivity index (χ0n) is 14.1. The number of nitrogens with zero attached hydrogens (tertiary/aromatic N) is 2. The van der Waals surface area contributed by atoms with E-state index in [1.807, 2.05) is 42.8 Å². The number of rotatable bonds is 5. The molecule has 1 aromatic heterocycles. The van der Waals surface area contributed by atoms with Crippen LogP contribution in [0.1, 0.15) is 37.4 Å². The minimum absolute atomic E-state index is 0.0233. The SMILES string of the molecule is O=C(NC(C1CC1)C1CC1)C1=C2C=CC=CN2C(c2cccnc2)N1. The summed E-state index contributed by atoms with van der Waals surface area (Å²) in [5, 5.41) is 6.75. The number of allylic oxidation sites excluding steroid dienone is 3. The first-order valence-electron chi connectivity index (χ1n) is 9.16. The van der Waals surface area contributed by atoms with Gasteiger partial charge in [-0.15, -0.1) is 0 Å². The van der Waals surface area contributed by atoms with Gasteiger partial charge in [-0.2, -0.15) is 0 Å². The van der Waals surface area contributed by atoms with Gasteiger partial charge < -0.3 is 15.5 Å². The summed E-state index contributed by atoms with van der Waals surface area (Å²) in [6, 6.07) is 4.32. The van der Waals surface area contributed by atoms with Gasteiger partial charge >= 0.3 is 0 Å². The minimum Gasteiger partial charge on any atom is -0.355 e. The molecule has 1 amide bonds. The normalized spacial score (nSPS) is 24.5. The maximum absolute atomic E-state index is 13.0. The van der Waals surface area contributed by atoms with E-state index in [0.29, 0.717) is 23.6 Å². The molecule has 0 aromatic carbocycles. The van der Waals surface area contributed by atoms with Gasteiger partial charge in [-0.3, -0.25) is 9.78 Å². The van der Waals surface area contributed by atoms with Crippen molar-refractivity contribution in [3.8, 4) is 0 Å². The van der Waals surface area contributed by atoms with Crippen LogP contribution in [0.2, 0.25) is 0 Å². The molecule has 5 nitrogen and oxygen atoms in total. The molecule has 2 saturated carbocycles. The number of fused-ring (bicyclic) bond motifs is 1. The lowest BCUT2D eigenvalue weighted by Gasteiger charge is -2.25. The first-order valence-corrected chi connectivity index (χ1v) is 9.16. The number of pyridine rings is 1. The second kappa shape index (κ2) is 5.76. The van der Waals surface area contributed by atoms with Crippen LogP contribution in [0.15, 0.2) is 60.3 Å². The maximum Gasteiger partial charge on any atom is 0.269 e. The first kappa shape index (κ1) is 14.8. The highest BCUT2D eigenvalue weighted by molar-refractivity contribution is 5.95. The number of amides is 1. The fourth-order valence-corrected chi connectivity index (χ4v) is 3.89. The average Bonchev–Trinajstić information content (AvgIpc) is 3.57. The zero-order chi connectivity index (χ0) is 16.8. The van der Waals surface area contributed by atoms with Crippen molar-refractivity contribution in [2.75, 3.05) is 0 Å². The van der Waals surface area contributed by atoms with Crippen molar-refractivity contribution in [1.82, 2.24) is 20.5 Å². The fourth-order valence-electron chi connectivity index (χ4n) is 3.89. The van der Waals surface area contributed by atoms with Gasteiger partial charge in [-0.1, -0.05) is 12.1 Å². The molecule has 5 heteroatoms. The van der Waals surface area contributed by atoms with E-state index in [9.17, 15) is 4.79 Å². The molecule has 0 saturated heterocycles. The van der Waals surface area contributed by atoms with Gasteiger partial charge in [0.15, 0.2) is 0 Å². The van der Waals surface area contributed by atoms with Gasteiger partial charge in [0.1, 0.15) is 11.9 Å². The molecule has 0 radical (unpaired) electrons. The van der Waals surface area contributed by atoms with E-state index >= 15 is 0 Å². The molecule has 1 unspecified atom stereocenters. The van der Waals surface area contributed by atoms with Crippen LogP contribution < -0.4 is 10.6 Å². The largest absolute Gasteiger partial charge is 0.355 e. The Hall–Kier alpha value is -2.56. The molecular weight excluding hydrogens is 312 g/mol. The summed E-state index contributed by atoms with van der Waals surface area (Å²) in [6.07, 6.45) is 16.5. The molecule has 2 N–H and O–H groups in total. The second-order valence-corrected chi connectivity index (χ2v) is 7.38. The van der Waals surface area contributed by atoms with Crippen molar-refractivity contribution < 1.29 is 4.79 Å². The van der Waals surface area contributed by atoms with Crippen molar-refractivity contribution in [2.45, 2.75) is 37.9 Å². The number of nitrogens with one attached hydrogen (secondary N) is 2. The number of carbonyl (C=O) groups excluding carboxylic acids is 1. The van der Waals surface area contributed by atoms with Crippen molar-refractivity contribution in [3.63, 3.8) is 0 Å². The highest BCUT2D eigenvalue weighted by atomic mass is 16.2. The molecule has 3 heterocycles. The highest BCUT2D eigenvalue weighted by Crippen LogP contribution is 2.44. The molecule has 5 rings (SSSR count). The summed E-state index contributed by atoms with van der Waals surface area (Å²) < 4.78 is 0. The standard InChI is InChI=1S/C20H22N4O/c25-20(23-17(13-6-7-13)14-8-9-14)18-16-5-1-2-11-24(16)19(22-18)15-4-3-10-21-12-15/h1-5,10-14,17,19,22H,6-9H2,(H,23,25). The van der Waals surface area contributed by atoms with Crippen LogP contribution in [0.5, 0.6) is 0 Å². The van der Waals surface area contributed by atoms with Gasteiger partial charge in [0.25, 0.3) is 5.91 Å². The molecule has 4 aliphatic rings. The molecule has 0 spiro atoms. The summed E-state index contributed by atoms with van der Waals surface area (Å²) in [7, 11) is 0. The van der Waals surface area contributed by atoms with E-state index in [2.05, 4.69) is 20.5 Å². The molecular formula is C20H22N4O. The Balaban J connectivity index is 1.40. The Morgan fingerprint density at radius 1 is 1.24 bits per heavy atom. The Morgan fingerprint density at radius 3 is 2.72 bits per heavy atom. The van der Waals surface area contributed by atoms with Crippen molar-refractivity contribution in [1.29, 1.82) is 0 Å². The van der Waals surface area contributed by atoms with E-state index < -0.39 is 0 Å². The van der Waals surface area contributed by atoms with Gasteiger partial charge in [0, 0.05) is 30.2 Å². The van der Waals surface area contributed by atoms with Crippen LogP contribution >= 0.6 is 0 Å². The Labute approximate surface area is 147 Å². The van der Waals surface area contributed by atoms with E-state index in [1.165, 1.54) is 25.7 Å². The van der Waals surface area contributed by atoms with Crippen molar-refractivity contribution in [2.24, 2.45) is 11.8 Å². The lowest BCUT2D eigenvalue weighted by atomic mass is 10.1. The van der Waals surface area contributed by atoms with Crippen LogP contribution in [0, 0.1) is 11.8 Å². The average molecular weight is 334 g/mol. The lowest BCUT2D eigenvalue weighted by Crippen LogP contribution is -2.41. The molecule has 25 heavy (non-hydrogen) atoms. The first-order chi connectivity index (χ1) is 12.3. The van der Waals surface area contributed by atoms with Crippen molar-refractivity contribution in [3.05, 3.63) is 65.9 Å². The summed E-state index contributed by atoms with van der Waals surface area (Å²) in [4.78, 5) is 19.3. The van der Waals surface area contributed by atoms with E-state index in [0.717, 1.165) is 11.3 Å². The van der Waals surface area contributed by atoms with Crippen LogP contribution in [-0.4, -0.2) is 21.8 Å². The minimum atomic E-state index is -0.0917. The van der Waals surface area contributed by atoms with Crippen LogP contribution in [0.3, 0.4) is 0 Å². The van der Waals surface area contributed by atoms with Gasteiger partial charge in [-0.05, 0) is 55.7 Å². The molecule has 0 bridgehead atoms. The third-order valence-electron chi connectivity index (χ3n) is 5.49. The predicted molar refractivity (Wildman–Crippen MR) is 94.6 cm³/mol. The topological polar surface area (TPSA) is 57.3 Å². The predicted octanol–water partition coefficient (Wildman–Crippen LogP) is 2.59. The summed E-state index contributed by atoms with van der Waals surface area (Å²) in [5.41, 5.74) is 2.64. The van der Waals surface area contributed by atoms with E-state index in [4.69, 9.17) is 0 Å².